The molecule has 0 aliphatic heterocycles. The van der Waals surface area contributed by atoms with Gasteiger partial charge in [0.15, 0.2) is 11.5 Å². The molecule has 0 amide bonds. The molecule has 0 saturated heterocycles. The number of aromatic nitrogens is 6. The van der Waals surface area contributed by atoms with Crippen LogP contribution in [-0.4, -0.2) is 36.9 Å². The van der Waals surface area contributed by atoms with Crippen molar-refractivity contribution >= 4 is 22.4 Å². The molecule has 0 spiro atoms. The van der Waals surface area contributed by atoms with Crippen LogP contribution < -0.4 is 10.1 Å². The summed E-state index contributed by atoms with van der Waals surface area (Å²) in [6.07, 6.45) is 3.42. The number of rotatable bonds is 5. The molecule has 0 bridgehead atoms. The van der Waals surface area contributed by atoms with E-state index in [0.717, 1.165) is 39.2 Å². The first kappa shape index (κ1) is 18.0. The van der Waals surface area contributed by atoms with Crippen molar-refractivity contribution in [2.75, 3.05) is 12.4 Å². The fraction of sp³-hybridized carbons (Fsp3) is 0.136. The molecule has 1 aromatic carbocycles. The van der Waals surface area contributed by atoms with Gasteiger partial charge in [0.25, 0.3) is 0 Å². The molecule has 4 aromatic heterocycles. The summed E-state index contributed by atoms with van der Waals surface area (Å²) >= 11 is 0. The van der Waals surface area contributed by atoms with Crippen molar-refractivity contribution in [2.24, 2.45) is 0 Å². The topological polar surface area (TPSA) is 90.1 Å². The standard InChI is InChI=1S/C22H19N7O/c1-14-10-18(15-6-4-3-5-7-15)28-29-20(26-27-22(14)29)13-24-17-8-9-23-19-11-16(30-2)12-25-21(17)19/h3-12H,13H2,1-2H3,(H,23,24). The number of ether oxygens (including phenoxy) is 1. The van der Waals surface area contributed by atoms with Gasteiger partial charge in [-0.3, -0.25) is 4.98 Å². The van der Waals surface area contributed by atoms with Crippen LogP contribution in [0.25, 0.3) is 27.9 Å². The van der Waals surface area contributed by atoms with E-state index in [4.69, 9.17) is 9.84 Å². The highest BCUT2D eigenvalue weighted by Crippen LogP contribution is 2.24. The summed E-state index contributed by atoms with van der Waals surface area (Å²) in [7, 11) is 1.61. The average molecular weight is 397 g/mol. The fourth-order valence-electron chi connectivity index (χ4n) is 3.37. The first-order chi connectivity index (χ1) is 14.7. The second-order valence-electron chi connectivity index (χ2n) is 6.89. The van der Waals surface area contributed by atoms with E-state index in [1.165, 1.54) is 0 Å². The second kappa shape index (κ2) is 7.40. The highest BCUT2D eigenvalue weighted by molar-refractivity contribution is 5.87. The lowest BCUT2D eigenvalue weighted by atomic mass is 10.1. The highest BCUT2D eigenvalue weighted by Gasteiger charge is 2.13. The molecule has 0 aliphatic rings. The molecule has 0 atom stereocenters. The number of pyridine rings is 2. The van der Waals surface area contributed by atoms with E-state index < -0.39 is 0 Å². The van der Waals surface area contributed by atoms with Gasteiger partial charge < -0.3 is 10.1 Å². The zero-order valence-corrected chi connectivity index (χ0v) is 16.6. The van der Waals surface area contributed by atoms with Crippen molar-refractivity contribution in [3.05, 3.63) is 72.3 Å². The minimum Gasteiger partial charge on any atom is -0.495 e. The molecular formula is C22H19N7O. The maximum Gasteiger partial charge on any atom is 0.180 e. The predicted molar refractivity (Wildman–Crippen MR) is 114 cm³/mol. The third kappa shape index (κ3) is 3.18. The fourth-order valence-corrected chi connectivity index (χ4v) is 3.37. The Balaban J connectivity index is 1.49. The molecule has 0 unspecified atom stereocenters. The number of aryl methyl sites for hydroxylation is 1. The normalized spacial score (nSPS) is 11.1. The molecule has 8 nitrogen and oxygen atoms in total. The summed E-state index contributed by atoms with van der Waals surface area (Å²) in [5.74, 6) is 1.38. The Morgan fingerprint density at radius 2 is 1.90 bits per heavy atom. The summed E-state index contributed by atoms with van der Waals surface area (Å²) in [5.41, 5.74) is 6.07. The Morgan fingerprint density at radius 3 is 2.73 bits per heavy atom. The summed E-state index contributed by atoms with van der Waals surface area (Å²) in [6, 6.07) is 15.9. The summed E-state index contributed by atoms with van der Waals surface area (Å²) in [6.45, 7) is 2.46. The van der Waals surface area contributed by atoms with Crippen LogP contribution in [-0.2, 0) is 6.54 Å². The molecule has 148 valence electrons. The zero-order chi connectivity index (χ0) is 20.5. The molecule has 30 heavy (non-hydrogen) atoms. The third-order valence-corrected chi connectivity index (χ3v) is 4.91. The van der Waals surface area contributed by atoms with Crippen molar-refractivity contribution in [1.29, 1.82) is 0 Å². The minimum atomic E-state index is 0.443. The van der Waals surface area contributed by atoms with Gasteiger partial charge in [-0.2, -0.15) is 9.61 Å². The lowest BCUT2D eigenvalue weighted by Gasteiger charge is -2.09. The van der Waals surface area contributed by atoms with Crippen LogP contribution >= 0.6 is 0 Å². The van der Waals surface area contributed by atoms with Gasteiger partial charge in [0, 0.05) is 17.8 Å². The molecule has 5 aromatic rings. The maximum atomic E-state index is 5.24. The number of nitrogens with zero attached hydrogens (tertiary/aromatic N) is 6. The number of benzene rings is 1. The lowest BCUT2D eigenvalue weighted by Crippen LogP contribution is -2.08. The van der Waals surface area contributed by atoms with Crippen molar-refractivity contribution < 1.29 is 4.74 Å². The van der Waals surface area contributed by atoms with E-state index in [-0.39, 0.29) is 0 Å². The van der Waals surface area contributed by atoms with Gasteiger partial charge in [-0.05, 0) is 24.6 Å². The molecule has 0 saturated carbocycles. The van der Waals surface area contributed by atoms with Crippen molar-refractivity contribution in [3.63, 3.8) is 0 Å². The smallest absolute Gasteiger partial charge is 0.180 e. The van der Waals surface area contributed by atoms with Crippen LogP contribution in [0.15, 0.2) is 60.9 Å². The molecule has 4 heterocycles. The number of hydrogen-bond donors (Lipinski definition) is 1. The molecule has 0 radical (unpaired) electrons. The van der Waals surface area contributed by atoms with Gasteiger partial charge in [-0.25, -0.2) is 4.98 Å². The Bertz CT molecular complexity index is 1350. The number of hydrogen-bond acceptors (Lipinski definition) is 7. The summed E-state index contributed by atoms with van der Waals surface area (Å²) in [5, 5.41) is 16.8. The Kier molecular flexibility index (Phi) is 4.44. The van der Waals surface area contributed by atoms with Crippen LogP contribution in [0.5, 0.6) is 5.75 Å². The number of fused-ring (bicyclic) bond motifs is 2. The zero-order valence-electron chi connectivity index (χ0n) is 16.6. The van der Waals surface area contributed by atoms with Crippen LogP contribution in [0, 0.1) is 6.92 Å². The first-order valence-electron chi connectivity index (χ1n) is 9.53. The second-order valence-corrected chi connectivity index (χ2v) is 6.89. The van der Waals surface area contributed by atoms with E-state index in [9.17, 15) is 0 Å². The molecular weight excluding hydrogens is 378 g/mol. The van der Waals surface area contributed by atoms with E-state index >= 15 is 0 Å². The summed E-state index contributed by atoms with van der Waals surface area (Å²) < 4.78 is 7.03. The van der Waals surface area contributed by atoms with E-state index in [2.05, 4.69) is 25.5 Å². The SMILES string of the molecule is COc1cnc2c(NCc3nnc4c(C)cc(-c5ccccc5)nn34)ccnc2c1. The average Bonchev–Trinajstić information content (AvgIpc) is 3.21. The third-order valence-electron chi connectivity index (χ3n) is 4.91. The van der Waals surface area contributed by atoms with Gasteiger partial charge in [-0.15, -0.1) is 10.2 Å². The van der Waals surface area contributed by atoms with E-state index in [1.54, 1.807) is 24.0 Å². The summed E-state index contributed by atoms with van der Waals surface area (Å²) in [4.78, 5) is 8.85. The van der Waals surface area contributed by atoms with Gasteiger partial charge in [0.2, 0.25) is 0 Å². The Morgan fingerprint density at radius 1 is 1.03 bits per heavy atom. The van der Waals surface area contributed by atoms with Crippen molar-refractivity contribution in [1.82, 2.24) is 29.8 Å². The largest absolute Gasteiger partial charge is 0.495 e. The quantitative estimate of drug-likeness (QED) is 0.484. The van der Waals surface area contributed by atoms with Crippen LogP contribution in [0.4, 0.5) is 5.69 Å². The van der Waals surface area contributed by atoms with Gasteiger partial charge in [-0.1, -0.05) is 30.3 Å². The first-order valence-corrected chi connectivity index (χ1v) is 9.53. The molecule has 8 heteroatoms. The lowest BCUT2D eigenvalue weighted by molar-refractivity contribution is 0.413. The number of nitrogens with one attached hydrogen (secondary N) is 1. The Labute approximate surface area is 172 Å². The van der Waals surface area contributed by atoms with Gasteiger partial charge >= 0.3 is 0 Å². The molecule has 1 N–H and O–H groups in total. The highest BCUT2D eigenvalue weighted by atomic mass is 16.5. The number of anilines is 1. The van der Waals surface area contributed by atoms with E-state index in [0.29, 0.717) is 18.1 Å². The van der Waals surface area contributed by atoms with Gasteiger partial charge in [0.05, 0.1) is 36.7 Å². The van der Waals surface area contributed by atoms with Crippen LogP contribution in [0.2, 0.25) is 0 Å². The van der Waals surface area contributed by atoms with Crippen molar-refractivity contribution in [3.8, 4) is 17.0 Å². The molecule has 0 fully saturated rings. The monoisotopic (exact) mass is 397 g/mol. The molecule has 5 rings (SSSR count). The van der Waals surface area contributed by atoms with Crippen LogP contribution in [0.1, 0.15) is 11.4 Å². The maximum absolute atomic E-state index is 5.24. The van der Waals surface area contributed by atoms with E-state index in [1.807, 2.05) is 55.5 Å². The number of methoxy groups -OCH3 is 1. The minimum absolute atomic E-state index is 0.443. The van der Waals surface area contributed by atoms with Gasteiger partial charge in [0.1, 0.15) is 11.3 Å². The van der Waals surface area contributed by atoms with Crippen molar-refractivity contribution in [2.45, 2.75) is 13.5 Å². The molecule has 0 aliphatic carbocycles. The predicted octanol–water partition coefficient (Wildman–Crippen LogP) is 3.66. The Hall–Kier alpha value is -4.07. The van der Waals surface area contributed by atoms with Crippen LogP contribution in [0.3, 0.4) is 0 Å².